The van der Waals surface area contributed by atoms with E-state index < -0.39 is 0 Å². The van der Waals surface area contributed by atoms with Crippen LogP contribution in [0.1, 0.15) is 12.8 Å². The molecule has 94 valence electrons. The van der Waals surface area contributed by atoms with E-state index in [1.165, 1.54) is 0 Å². The predicted octanol–water partition coefficient (Wildman–Crippen LogP) is -0.569. The van der Waals surface area contributed by atoms with E-state index in [4.69, 9.17) is 4.74 Å². The minimum absolute atomic E-state index is 0.0793. The van der Waals surface area contributed by atoms with Gasteiger partial charge in [0.25, 0.3) is 0 Å². The van der Waals surface area contributed by atoms with E-state index >= 15 is 0 Å². The Morgan fingerprint density at radius 2 is 2.31 bits per heavy atom. The second-order valence-electron chi connectivity index (χ2n) is 4.50. The number of nitrogens with one attached hydrogen (secondary N) is 2. The normalized spacial score (nSPS) is 25.0. The predicted molar refractivity (Wildman–Crippen MR) is 63.4 cm³/mol. The van der Waals surface area contributed by atoms with Crippen molar-refractivity contribution in [3.8, 4) is 0 Å². The van der Waals surface area contributed by atoms with Crippen LogP contribution in [0.2, 0.25) is 0 Å². The molecule has 5 heteroatoms. The number of carbonyl (C=O) groups is 1. The van der Waals surface area contributed by atoms with Crippen molar-refractivity contribution in [3.63, 3.8) is 0 Å². The zero-order valence-electron chi connectivity index (χ0n) is 10.5. The van der Waals surface area contributed by atoms with Crippen molar-refractivity contribution in [1.29, 1.82) is 0 Å². The van der Waals surface area contributed by atoms with Crippen molar-refractivity contribution in [3.05, 3.63) is 0 Å². The smallest absolute Gasteiger partial charge is 0.237 e. The molecule has 0 saturated carbocycles. The van der Waals surface area contributed by atoms with E-state index in [9.17, 15) is 4.79 Å². The average molecular weight is 229 g/mol. The molecule has 1 saturated heterocycles. The van der Waals surface area contributed by atoms with Crippen molar-refractivity contribution >= 4 is 5.91 Å². The summed E-state index contributed by atoms with van der Waals surface area (Å²) >= 11 is 0. The zero-order chi connectivity index (χ0) is 12.0. The molecular weight excluding hydrogens is 206 g/mol. The Hall–Kier alpha value is -0.650. The summed E-state index contributed by atoms with van der Waals surface area (Å²) in [6, 6.07) is -0.0793. The molecule has 0 bridgehead atoms. The number of hydrogen-bond acceptors (Lipinski definition) is 4. The summed E-state index contributed by atoms with van der Waals surface area (Å²) in [4.78, 5) is 13.8. The van der Waals surface area contributed by atoms with Crippen LogP contribution in [-0.4, -0.2) is 63.8 Å². The second kappa shape index (κ2) is 6.83. The van der Waals surface area contributed by atoms with Crippen LogP contribution in [0.3, 0.4) is 0 Å². The molecule has 1 heterocycles. The molecule has 1 amide bonds. The molecule has 0 aromatic heterocycles. The highest BCUT2D eigenvalue weighted by atomic mass is 16.5. The topological polar surface area (TPSA) is 53.6 Å². The Labute approximate surface area is 97.5 Å². The molecule has 1 aliphatic rings. The summed E-state index contributed by atoms with van der Waals surface area (Å²) in [6.07, 6.45) is 1.94. The minimum Gasteiger partial charge on any atom is -0.380 e. The van der Waals surface area contributed by atoms with E-state index in [0.29, 0.717) is 0 Å². The number of methoxy groups -OCH3 is 1. The number of hydrogen-bond donors (Lipinski definition) is 2. The fourth-order valence-corrected chi connectivity index (χ4v) is 1.81. The number of rotatable bonds is 6. The van der Waals surface area contributed by atoms with Gasteiger partial charge in [0.05, 0.1) is 12.1 Å². The third-order valence-electron chi connectivity index (χ3n) is 2.82. The first kappa shape index (κ1) is 13.4. The van der Waals surface area contributed by atoms with Gasteiger partial charge in [-0.05, 0) is 33.5 Å². The number of amides is 1. The number of carbonyl (C=O) groups excluding carboxylic acids is 1. The largest absolute Gasteiger partial charge is 0.380 e. The molecule has 0 aliphatic carbocycles. The van der Waals surface area contributed by atoms with Gasteiger partial charge in [0, 0.05) is 20.2 Å². The van der Waals surface area contributed by atoms with Gasteiger partial charge in [-0.1, -0.05) is 0 Å². The first-order chi connectivity index (χ1) is 7.63. The molecule has 2 N–H and O–H groups in total. The number of nitrogens with zero attached hydrogens (tertiary/aromatic N) is 1. The third-order valence-corrected chi connectivity index (χ3v) is 2.82. The van der Waals surface area contributed by atoms with Gasteiger partial charge in [-0.2, -0.15) is 0 Å². The van der Waals surface area contributed by atoms with Gasteiger partial charge in [-0.15, -0.1) is 0 Å². The van der Waals surface area contributed by atoms with E-state index in [1.807, 2.05) is 14.1 Å². The molecule has 1 rings (SSSR count). The second-order valence-corrected chi connectivity index (χ2v) is 4.50. The highest BCUT2D eigenvalue weighted by Crippen LogP contribution is 2.09. The van der Waals surface area contributed by atoms with Gasteiger partial charge in [-0.3, -0.25) is 4.79 Å². The van der Waals surface area contributed by atoms with Gasteiger partial charge < -0.3 is 20.3 Å². The SMILES string of the molecule is COC1CNC(C(=O)NCCCN(C)C)C1. The summed E-state index contributed by atoms with van der Waals surface area (Å²) in [6.45, 7) is 2.51. The van der Waals surface area contributed by atoms with Gasteiger partial charge >= 0.3 is 0 Å². The molecule has 2 atom stereocenters. The summed E-state index contributed by atoms with van der Waals surface area (Å²) in [5.74, 6) is 0.0957. The lowest BCUT2D eigenvalue weighted by atomic mass is 10.2. The fraction of sp³-hybridized carbons (Fsp3) is 0.909. The Balaban J connectivity index is 2.11. The molecule has 1 fully saturated rings. The van der Waals surface area contributed by atoms with Crippen LogP contribution in [0.5, 0.6) is 0 Å². The Kier molecular flexibility index (Phi) is 5.73. The van der Waals surface area contributed by atoms with Gasteiger partial charge in [0.15, 0.2) is 0 Å². The quantitative estimate of drug-likeness (QED) is 0.599. The standard InChI is InChI=1S/C11H23N3O2/c1-14(2)6-4-5-12-11(15)10-7-9(16-3)8-13-10/h9-10,13H,4-8H2,1-3H3,(H,12,15). The lowest BCUT2D eigenvalue weighted by Crippen LogP contribution is -2.41. The molecule has 0 aromatic rings. The summed E-state index contributed by atoms with van der Waals surface area (Å²) in [5.41, 5.74) is 0. The van der Waals surface area contributed by atoms with Crippen LogP contribution in [0, 0.1) is 0 Å². The first-order valence-corrected chi connectivity index (χ1v) is 5.82. The maximum Gasteiger partial charge on any atom is 0.237 e. The highest BCUT2D eigenvalue weighted by Gasteiger charge is 2.28. The number of ether oxygens (including phenoxy) is 1. The van der Waals surface area contributed by atoms with Crippen LogP contribution < -0.4 is 10.6 Å². The zero-order valence-corrected chi connectivity index (χ0v) is 10.5. The van der Waals surface area contributed by atoms with E-state index in [0.717, 1.165) is 32.5 Å². The van der Waals surface area contributed by atoms with Crippen molar-refractivity contribution in [2.24, 2.45) is 0 Å². The average Bonchev–Trinajstić information content (AvgIpc) is 2.72. The minimum atomic E-state index is -0.0793. The molecule has 2 unspecified atom stereocenters. The van der Waals surface area contributed by atoms with Crippen molar-refractivity contribution in [2.45, 2.75) is 25.0 Å². The van der Waals surface area contributed by atoms with Gasteiger partial charge in [-0.25, -0.2) is 0 Å². The van der Waals surface area contributed by atoms with Crippen LogP contribution in [0.15, 0.2) is 0 Å². The Morgan fingerprint density at radius 3 is 2.88 bits per heavy atom. The van der Waals surface area contributed by atoms with E-state index in [2.05, 4.69) is 15.5 Å². The van der Waals surface area contributed by atoms with Crippen molar-refractivity contribution < 1.29 is 9.53 Å². The van der Waals surface area contributed by atoms with Crippen molar-refractivity contribution in [1.82, 2.24) is 15.5 Å². The highest BCUT2D eigenvalue weighted by molar-refractivity contribution is 5.82. The molecule has 0 radical (unpaired) electrons. The first-order valence-electron chi connectivity index (χ1n) is 5.82. The molecule has 5 nitrogen and oxygen atoms in total. The monoisotopic (exact) mass is 229 g/mol. The Morgan fingerprint density at radius 1 is 1.56 bits per heavy atom. The third kappa shape index (κ3) is 4.47. The fourth-order valence-electron chi connectivity index (χ4n) is 1.81. The van der Waals surface area contributed by atoms with E-state index in [-0.39, 0.29) is 18.1 Å². The van der Waals surface area contributed by atoms with Crippen LogP contribution in [-0.2, 0) is 9.53 Å². The maximum absolute atomic E-state index is 11.7. The summed E-state index contributed by atoms with van der Waals surface area (Å²) < 4.78 is 5.20. The van der Waals surface area contributed by atoms with Crippen LogP contribution in [0.25, 0.3) is 0 Å². The summed E-state index contributed by atoms with van der Waals surface area (Å²) in [7, 11) is 5.75. The molecule has 16 heavy (non-hydrogen) atoms. The maximum atomic E-state index is 11.7. The van der Waals surface area contributed by atoms with Crippen LogP contribution >= 0.6 is 0 Å². The molecule has 0 spiro atoms. The summed E-state index contributed by atoms with van der Waals surface area (Å²) in [5, 5.41) is 6.10. The van der Waals surface area contributed by atoms with E-state index in [1.54, 1.807) is 7.11 Å². The van der Waals surface area contributed by atoms with Crippen LogP contribution in [0.4, 0.5) is 0 Å². The molecular formula is C11H23N3O2. The Bertz CT molecular complexity index is 221. The van der Waals surface area contributed by atoms with Gasteiger partial charge in [0.1, 0.15) is 0 Å². The molecule has 1 aliphatic heterocycles. The lowest BCUT2D eigenvalue weighted by Gasteiger charge is -2.13. The lowest BCUT2D eigenvalue weighted by molar-refractivity contribution is -0.122. The molecule has 0 aromatic carbocycles. The van der Waals surface area contributed by atoms with Gasteiger partial charge in [0.2, 0.25) is 5.91 Å². The van der Waals surface area contributed by atoms with Crippen molar-refractivity contribution in [2.75, 3.05) is 40.8 Å².